The Balaban J connectivity index is 1.50. The fourth-order valence-corrected chi connectivity index (χ4v) is 4.25. The molecule has 1 atom stereocenters. The Hall–Kier alpha value is -4.84. The average molecular weight is 525 g/mol. The van der Waals surface area contributed by atoms with Crippen LogP contribution in [0, 0.1) is 18.3 Å². The van der Waals surface area contributed by atoms with Crippen molar-refractivity contribution in [3.05, 3.63) is 89.2 Å². The molecule has 0 radical (unpaired) electrons. The summed E-state index contributed by atoms with van der Waals surface area (Å²) in [7, 11) is 1.53. The summed E-state index contributed by atoms with van der Waals surface area (Å²) in [5, 5.41) is 17.8. The van der Waals surface area contributed by atoms with E-state index in [2.05, 4.69) is 22.0 Å². The molecule has 0 fully saturated rings. The normalized spacial score (nSPS) is 11.6. The van der Waals surface area contributed by atoms with Crippen LogP contribution < -0.4 is 20.7 Å². The van der Waals surface area contributed by atoms with Crippen molar-refractivity contribution in [2.75, 3.05) is 13.6 Å². The molecule has 4 rings (SSSR count). The van der Waals surface area contributed by atoms with Crippen LogP contribution in [-0.2, 0) is 6.42 Å². The highest BCUT2D eigenvalue weighted by atomic mass is 16.5. The lowest BCUT2D eigenvalue weighted by atomic mass is 10.0. The molecule has 0 aliphatic carbocycles. The van der Waals surface area contributed by atoms with Crippen molar-refractivity contribution in [3.8, 4) is 23.1 Å². The summed E-state index contributed by atoms with van der Waals surface area (Å²) in [4.78, 5) is 29.7. The molecular formula is C30H32N6O3. The van der Waals surface area contributed by atoms with Crippen LogP contribution in [0.1, 0.15) is 40.9 Å². The van der Waals surface area contributed by atoms with Crippen molar-refractivity contribution in [3.63, 3.8) is 0 Å². The van der Waals surface area contributed by atoms with Gasteiger partial charge < -0.3 is 25.1 Å². The van der Waals surface area contributed by atoms with Gasteiger partial charge in [0.05, 0.1) is 23.4 Å². The number of urea groups is 1. The lowest BCUT2D eigenvalue weighted by Gasteiger charge is -2.20. The second-order valence-electron chi connectivity index (χ2n) is 9.57. The first-order valence-electron chi connectivity index (χ1n) is 12.8. The minimum Gasteiger partial charge on any atom is -0.490 e. The number of aryl methyl sites for hydroxylation is 1. The third kappa shape index (κ3) is 6.73. The maximum atomic E-state index is 13.1. The molecule has 0 aliphatic rings. The zero-order valence-corrected chi connectivity index (χ0v) is 22.5. The fourth-order valence-electron chi connectivity index (χ4n) is 4.25. The van der Waals surface area contributed by atoms with E-state index in [9.17, 15) is 14.9 Å². The third-order valence-electron chi connectivity index (χ3n) is 6.21. The van der Waals surface area contributed by atoms with Crippen LogP contribution >= 0.6 is 0 Å². The number of ether oxygens (including phenoxy) is 1. The summed E-state index contributed by atoms with van der Waals surface area (Å²) < 4.78 is 7.67. The van der Waals surface area contributed by atoms with Gasteiger partial charge in [-0.25, -0.2) is 9.78 Å². The molecule has 0 saturated carbocycles. The summed E-state index contributed by atoms with van der Waals surface area (Å²) in [6.45, 7) is 6.00. The van der Waals surface area contributed by atoms with E-state index in [-0.39, 0.29) is 30.2 Å². The number of pyridine rings is 1. The zero-order chi connectivity index (χ0) is 27.9. The zero-order valence-electron chi connectivity index (χ0n) is 22.5. The summed E-state index contributed by atoms with van der Waals surface area (Å²) in [5.74, 6) is 0.0886. The van der Waals surface area contributed by atoms with Crippen molar-refractivity contribution in [1.29, 1.82) is 5.26 Å². The van der Waals surface area contributed by atoms with Crippen molar-refractivity contribution >= 4 is 17.6 Å². The molecule has 0 unspecified atom stereocenters. The SMILES string of the molecule is CNC(=O)NC[C@H](Cc1ccc(-c2cn3cccc(C)c3n2)cc1)NC(=O)c1ccc(OC(C)C)c(C#N)c1. The smallest absolute Gasteiger partial charge is 0.314 e. The molecule has 39 heavy (non-hydrogen) atoms. The maximum Gasteiger partial charge on any atom is 0.314 e. The number of hydrogen-bond acceptors (Lipinski definition) is 5. The second-order valence-corrected chi connectivity index (χ2v) is 9.57. The molecule has 200 valence electrons. The van der Waals surface area contributed by atoms with Gasteiger partial charge in [0.2, 0.25) is 0 Å². The number of carbonyl (C=O) groups is 2. The van der Waals surface area contributed by atoms with Crippen molar-refractivity contribution in [2.24, 2.45) is 0 Å². The monoisotopic (exact) mass is 524 g/mol. The van der Waals surface area contributed by atoms with Crippen LogP contribution in [0.3, 0.4) is 0 Å². The van der Waals surface area contributed by atoms with E-state index in [1.165, 1.54) is 13.1 Å². The third-order valence-corrected chi connectivity index (χ3v) is 6.21. The summed E-state index contributed by atoms with van der Waals surface area (Å²) >= 11 is 0. The molecule has 2 aromatic heterocycles. The standard InChI is InChI=1S/C30H32N6O3/c1-19(2)39-27-12-11-23(15-24(27)16-31)29(37)34-25(17-33-30(38)32-4)14-21-7-9-22(10-8-21)26-18-36-13-5-6-20(3)28(36)35-26/h5-13,15,18-19,25H,14,17H2,1-4H3,(H,34,37)(H2,32,33,38)/t25-/m0/s1. The Morgan fingerprint density at radius 1 is 1.13 bits per heavy atom. The Kier molecular flexibility index (Phi) is 8.46. The number of nitriles is 1. The summed E-state index contributed by atoms with van der Waals surface area (Å²) in [6, 6.07) is 18.2. The van der Waals surface area contributed by atoms with Gasteiger partial charge in [-0.1, -0.05) is 30.3 Å². The number of aromatic nitrogens is 2. The number of benzene rings is 2. The molecule has 9 heteroatoms. The summed E-state index contributed by atoms with van der Waals surface area (Å²) in [5.41, 5.74) is 5.49. The van der Waals surface area contributed by atoms with Gasteiger partial charge in [-0.3, -0.25) is 4.79 Å². The van der Waals surface area contributed by atoms with Crippen LogP contribution in [-0.4, -0.2) is 47.1 Å². The number of nitrogens with one attached hydrogen (secondary N) is 3. The van der Waals surface area contributed by atoms with E-state index in [1.807, 2.05) is 74.0 Å². The van der Waals surface area contributed by atoms with Crippen molar-refractivity contribution in [1.82, 2.24) is 25.3 Å². The lowest BCUT2D eigenvalue weighted by molar-refractivity contribution is 0.0936. The Labute approximate surface area is 227 Å². The number of rotatable bonds is 9. The first kappa shape index (κ1) is 27.2. The van der Waals surface area contributed by atoms with Gasteiger partial charge in [-0.15, -0.1) is 0 Å². The van der Waals surface area contributed by atoms with E-state index in [1.54, 1.807) is 12.1 Å². The van der Waals surface area contributed by atoms with E-state index < -0.39 is 6.04 Å². The molecule has 0 bridgehead atoms. The van der Waals surface area contributed by atoms with Crippen LogP contribution in [0.5, 0.6) is 5.75 Å². The number of fused-ring (bicyclic) bond motifs is 1. The largest absolute Gasteiger partial charge is 0.490 e. The maximum absolute atomic E-state index is 13.1. The van der Waals surface area contributed by atoms with E-state index >= 15 is 0 Å². The molecule has 0 saturated heterocycles. The van der Waals surface area contributed by atoms with Gasteiger partial charge in [0.15, 0.2) is 0 Å². The minimum atomic E-state index is -0.393. The number of nitrogens with zero attached hydrogens (tertiary/aromatic N) is 3. The first-order valence-corrected chi connectivity index (χ1v) is 12.8. The van der Waals surface area contributed by atoms with Gasteiger partial charge in [-0.2, -0.15) is 5.26 Å². The highest BCUT2D eigenvalue weighted by molar-refractivity contribution is 5.95. The predicted octanol–water partition coefficient (Wildman–Crippen LogP) is 4.24. The van der Waals surface area contributed by atoms with E-state index in [0.717, 1.165) is 28.0 Å². The Morgan fingerprint density at radius 3 is 2.56 bits per heavy atom. The molecule has 0 spiro atoms. The van der Waals surface area contributed by atoms with Crippen LogP contribution in [0.15, 0.2) is 67.0 Å². The molecule has 2 aromatic carbocycles. The van der Waals surface area contributed by atoms with Crippen molar-refractivity contribution in [2.45, 2.75) is 39.3 Å². The molecule has 3 N–H and O–H groups in total. The molecule has 0 aliphatic heterocycles. The fraction of sp³-hybridized carbons (Fsp3) is 0.267. The van der Waals surface area contributed by atoms with Crippen LogP contribution in [0.2, 0.25) is 0 Å². The Morgan fingerprint density at radius 2 is 1.90 bits per heavy atom. The van der Waals surface area contributed by atoms with Crippen LogP contribution in [0.4, 0.5) is 4.79 Å². The van der Waals surface area contributed by atoms with Crippen LogP contribution in [0.25, 0.3) is 16.9 Å². The topological polar surface area (TPSA) is 121 Å². The molecular weight excluding hydrogens is 492 g/mol. The number of hydrogen-bond donors (Lipinski definition) is 3. The highest BCUT2D eigenvalue weighted by Gasteiger charge is 2.18. The highest BCUT2D eigenvalue weighted by Crippen LogP contribution is 2.23. The quantitative estimate of drug-likeness (QED) is 0.303. The van der Waals surface area contributed by atoms with Gasteiger partial charge >= 0.3 is 6.03 Å². The number of carbonyl (C=O) groups excluding carboxylic acids is 2. The Bertz CT molecular complexity index is 1520. The molecule has 2 heterocycles. The van der Waals surface area contributed by atoms with Crippen molar-refractivity contribution < 1.29 is 14.3 Å². The predicted molar refractivity (Wildman–Crippen MR) is 150 cm³/mol. The van der Waals surface area contributed by atoms with Gasteiger partial charge in [-0.05, 0) is 62.6 Å². The lowest BCUT2D eigenvalue weighted by Crippen LogP contribution is -2.46. The molecule has 3 amide bonds. The van der Waals surface area contributed by atoms with E-state index in [0.29, 0.717) is 17.7 Å². The number of amides is 3. The number of imidazole rings is 1. The average Bonchev–Trinajstić information content (AvgIpc) is 3.37. The van der Waals surface area contributed by atoms with Gasteiger partial charge in [0, 0.05) is 37.1 Å². The molecule has 9 nitrogen and oxygen atoms in total. The minimum absolute atomic E-state index is 0.0971. The van der Waals surface area contributed by atoms with Gasteiger partial charge in [0.25, 0.3) is 5.91 Å². The summed E-state index contributed by atoms with van der Waals surface area (Å²) in [6.07, 6.45) is 4.37. The second kappa shape index (κ2) is 12.1. The molecule has 4 aromatic rings. The first-order chi connectivity index (χ1) is 18.8. The van der Waals surface area contributed by atoms with Gasteiger partial charge in [0.1, 0.15) is 17.5 Å². The van der Waals surface area contributed by atoms with E-state index in [4.69, 9.17) is 9.72 Å².